The summed E-state index contributed by atoms with van der Waals surface area (Å²) in [7, 11) is -0.791. The van der Waals surface area contributed by atoms with E-state index in [4.69, 9.17) is 21.1 Å². The first-order chi connectivity index (χ1) is 13.6. The normalized spacial score (nSPS) is 11.3. The van der Waals surface area contributed by atoms with E-state index in [1.807, 2.05) is 26.0 Å². The number of nitrogens with zero attached hydrogens (tertiary/aromatic N) is 1. The molecule has 2 aromatic rings. The maximum absolute atomic E-state index is 12.6. The van der Waals surface area contributed by atoms with Crippen molar-refractivity contribution in [3.05, 3.63) is 47.0 Å². The van der Waals surface area contributed by atoms with Crippen LogP contribution in [0.1, 0.15) is 25.3 Å². The highest BCUT2D eigenvalue weighted by Crippen LogP contribution is 2.36. The number of hydrogen-bond donors (Lipinski definition) is 1. The Kier molecular flexibility index (Phi) is 7.37. The van der Waals surface area contributed by atoms with Crippen LogP contribution in [0.4, 0.5) is 11.4 Å². The third-order valence-electron chi connectivity index (χ3n) is 4.28. The summed E-state index contributed by atoms with van der Waals surface area (Å²) in [5.74, 6) is 0.459. The molecule has 0 saturated heterocycles. The molecule has 0 radical (unpaired) electrons. The number of amides is 1. The predicted molar refractivity (Wildman–Crippen MR) is 116 cm³/mol. The minimum absolute atomic E-state index is 0.311. The van der Waals surface area contributed by atoms with E-state index in [9.17, 15) is 13.2 Å². The van der Waals surface area contributed by atoms with Gasteiger partial charge in [-0.2, -0.15) is 0 Å². The number of carbonyl (C=O) groups is 1. The highest BCUT2D eigenvalue weighted by atomic mass is 35.5. The van der Waals surface area contributed by atoms with Gasteiger partial charge in [-0.3, -0.25) is 9.10 Å². The van der Waals surface area contributed by atoms with Crippen molar-refractivity contribution in [3.8, 4) is 11.5 Å². The van der Waals surface area contributed by atoms with Gasteiger partial charge < -0.3 is 14.8 Å². The summed E-state index contributed by atoms with van der Waals surface area (Å²) in [6, 6.07) is 10.1. The van der Waals surface area contributed by atoms with Crippen molar-refractivity contribution in [1.82, 2.24) is 0 Å². The Morgan fingerprint density at radius 1 is 1.10 bits per heavy atom. The van der Waals surface area contributed by atoms with Crippen molar-refractivity contribution in [2.75, 3.05) is 36.6 Å². The first kappa shape index (κ1) is 22.8. The summed E-state index contributed by atoms with van der Waals surface area (Å²) in [5, 5.41) is 2.98. The van der Waals surface area contributed by atoms with Crippen LogP contribution in [-0.4, -0.2) is 41.3 Å². The van der Waals surface area contributed by atoms with E-state index < -0.39 is 22.5 Å². The zero-order valence-corrected chi connectivity index (χ0v) is 18.6. The molecule has 0 atom stereocenters. The molecule has 1 amide bonds. The number of halogens is 1. The molecule has 0 aliphatic rings. The molecule has 0 aliphatic heterocycles. The Morgan fingerprint density at radius 2 is 1.69 bits per heavy atom. The van der Waals surface area contributed by atoms with Crippen LogP contribution in [0.5, 0.6) is 11.5 Å². The maximum atomic E-state index is 12.6. The van der Waals surface area contributed by atoms with Gasteiger partial charge in [-0.25, -0.2) is 8.42 Å². The number of ether oxygens (including phenoxy) is 2. The molecule has 0 heterocycles. The van der Waals surface area contributed by atoms with Crippen LogP contribution in [0.15, 0.2) is 36.4 Å². The molecule has 2 rings (SSSR count). The van der Waals surface area contributed by atoms with Crippen molar-refractivity contribution in [2.24, 2.45) is 0 Å². The Bertz CT molecular complexity index is 975. The number of methoxy groups -OCH3 is 2. The van der Waals surface area contributed by atoms with Gasteiger partial charge >= 0.3 is 0 Å². The average Bonchev–Trinajstić information content (AvgIpc) is 2.66. The molecule has 0 bridgehead atoms. The summed E-state index contributed by atoms with van der Waals surface area (Å²) in [5.41, 5.74) is 1.81. The Labute approximate surface area is 176 Å². The lowest BCUT2D eigenvalue weighted by Gasteiger charge is -2.23. The van der Waals surface area contributed by atoms with Gasteiger partial charge in [0.05, 0.1) is 36.9 Å². The SMILES string of the molecule is COc1cc(NC(=O)CN(c2ccc(C(C)C)cc2)S(C)(=O)=O)c(OC)cc1Cl. The zero-order chi connectivity index (χ0) is 21.8. The van der Waals surface area contributed by atoms with E-state index in [-0.39, 0.29) is 0 Å². The minimum Gasteiger partial charge on any atom is -0.495 e. The molecule has 9 heteroatoms. The van der Waals surface area contributed by atoms with Crippen LogP contribution in [0.2, 0.25) is 5.02 Å². The van der Waals surface area contributed by atoms with Gasteiger partial charge in [0.2, 0.25) is 15.9 Å². The van der Waals surface area contributed by atoms with Crippen LogP contribution >= 0.6 is 11.6 Å². The van der Waals surface area contributed by atoms with E-state index in [0.29, 0.717) is 33.8 Å². The second-order valence-corrected chi connectivity index (χ2v) is 9.07. The van der Waals surface area contributed by atoms with Crippen LogP contribution in [0.3, 0.4) is 0 Å². The highest BCUT2D eigenvalue weighted by molar-refractivity contribution is 7.92. The monoisotopic (exact) mass is 440 g/mol. The summed E-state index contributed by atoms with van der Waals surface area (Å²) >= 11 is 6.07. The molecule has 0 fully saturated rings. The molecule has 0 spiro atoms. The molecule has 2 aromatic carbocycles. The van der Waals surface area contributed by atoms with Gasteiger partial charge in [0.15, 0.2) is 0 Å². The number of benzene rings is 2. The van der Waals surface area contributed by atoms with Crippen LogP contribution in [0.25, 0.3) is 0 Å². The fourth-order valence-corrected chi connectivity index (χ4v) is 3.79. The fourth-order valence-electron chi connectivity index (χ4n) is 2.70. The van der Waals surface area contributed by atoms with Gasteiger partial charge in [-0.15, -0.1) is 0 Å². The summed E-state index contributed by atoms with van der Waals surface area (Å²) in [6.07, 6.45) is 1.06. The van der Waals surface area contributed by atoms with E-state index in [2.05, 4.69) is 5.32 Å². The van der Waals surface area contributed by atoms with Crippen molar-refractivity contribution in [2.45, 2.75) is 19.8 Å². The molecule has 0 saturated carbocycles. The standard InChI is InChI=1S/C20H25ClN2O5S/c1-13(2)14-6-8-15(9-7-14)23(29(5,25)26)12-20(24)22-17-11-18(27-3)16(21)10-19(17)28-4/h6-11,13H,12H2,1-5H3,(H,22,24). The highest BCUT2D eigenvalue weighted by Gasteiger charge is 2.22. The van der Waals surface area contributed by atoms with E-state index in [0.717, 1.165) is 16.1 Å². The van der Waals surface area contributed by atoms with Crippen molar-refractivity contribution < 1.29 is 22.7 Å². The fraction of sp³-hybridized carbons (Fsp3) is 0.350. The number of hydrogen-bond acceptors (Lipinski definition) is 5. The Balaban J connectivity index is 2.28. The van der Waals surface area contributed by atoms with E-state index in [1.54, 1.807) is 12.1 Å². The number of anilines is 2. The first-order valence-corrected chi connectivity index (χ1v) is 11.1. The third-order valence-corrected chi connectivity index (χ3v) is 5.72. The molecular formula is C20H25ClN2O5S. The first-order valence-electron chi connectivity index (χ1n) is 8.85. The molecule has 158 valence electrons. The van der Waals surface area contributed by atoms with Crippen LogP contribution in [0, 0.1) is 0 Å². The van der Waals surface area contributed by atoms with Crippen molar-refractivity contribution in [1.29, 1.82) is 0 Å². The van der Waals surface area contributed by atoms with Crippen molar-refractivity contribution in [3.63, 3.8) is 0 Å². The molecule has 1 N–H and O–H groups in total. The topological polar surface area (TPSA) is 84.9 Å². The quantitative estimate of drug-likeness (QED) is 0.673. The van der Waals surface area contributed by atoms with E-state index >= 15 is 0 Å². The lowest BCUT2D eigenvalue weighted by Crippen LogP contribution is -2.37. The Hall–Kier alpha value is -2.45. The Morgan fingerprint density at radius 3 is 2.17 bits per heavy atom. The van der Waals surface area contributed by atoms with Gasteiger partial charge in [-0.05, 0) is 23.6 Å². The summed E-state index contributed by atoms with van der Waals surface area (Å²) < 4.78 is 36.0. The lowest BCUT2D eigenvalue weighted by molar-refractivity contribution is -0.114. The molecule has 0 unspecified atom stereocenters. The summed E-state index contributed by atoms with van der Waals surface area (Å²) in [4.78, 5) is 12.6. The zero-order valence-electron chi connectivity index (χ0n) is 17.0. The lowest BCUT2D eigenvalue weighted by atomic mass is 10.0. The largest absolute Gasteiger partial charge is 0.495 e. The molecule has 7 nitrogen and oxygen atoms in total. The molecule has 0 aliphatic carbocycles. The smallest absolute Gasteiger partial charge is 0.245 e. The number of nitrogens with one attached hydrogen (secondary N) is 1. The third kappa shape index (κ3) is 5.77. The van der Waals surface area contributed by atoms with Crippen LogP contribution < -0.4 is 19.1 Å². The number of rotatable bonds is 8. The average molecular weight is 441 g/mol. The molecular weight excluding hydrogens is 416 g/mol. The summed E-state index contributed by atoms with van der Waals surface area (Å²) in [6.45, 7) is 3.70. The van der Waals surface area contributed by atoms with Gasteiger partial charge in [0, 0.05) is 12.1 Å². The number of carbonyl (C=O) groups excluding carboxylic acids is 1. The molecule has 0 aromatic heterocycles. The van der Waals surface area contributed by atoms with Crippen LogP contribution in [-0.2, 0) is 14.8 Å². The van der Waals surface area contributed by atoms with Crippen molar-refractivity contribution >= 4 is 38.9 Å². The maximum Gasteiger partial charge on any atom is 0.245 e. The van der Waals surface area contributed by atoms with Gasteiger partial charge in [-0.1, -0.05) is 37.6 Å². The second kappa shape index (κ2) is 9.37. The minimum atomic E-state index is -3.68. The molecule has 29 heavy (non-hydrogen) atoms. The second-order valence-electron chi connectivity index (χ2n) is 6.75. The predicted octanol–water partition coefficient (Wildman–Crippen LogP) is 3.89. The van der Waals surface area contributed by atoms with Gasteiger partial charge in [0.1, 0.15) is 18.0 Å². The van der Waals surface area contributed by atoms with Gasteiger partial charge in [0.25, 0.3) is 0 Å². The number of sulfonamides is 1. The van der Waals surface area contributed by atoms with E-state index in [1.165, 1.54) is 26.4 Å².